The van der Waals surface area contributed by atoms with Gasteiger partial charge in [0.2, 0.25) is 0 Å². The molecule has 0 bridgehead atoms. The van der Waals surface area contributed by atoms with Gasteiger partial charge >= 0.3 is 5.97 Å². The number of hydrogen-bond donors (Lipinski definition) is 2. The Hall–Kier alpha value is -1.53. The van der Waals surface area contributed by atoms with Gasteiger partial charge in [0.1, 0.15) is 0 Å². The molecule has 0 saturated heterocycles. The Labute approximate surface area is 48.3 Å². The molecule has 0 aromatic carbocycles. The number of aromatic amines is 1. The number of H-pyrrole nitrogens is 1. The van der Waals surface area contributed by atoms with Gasteiger partial charge in [0, 0.05) is 0 Å². The molecule has 9 heavy (non-hydrogen) atoms. The maximum absolute atomic E-state index is 9.88. The number of hydrogen-bond acceptors (Lipinski definition) is 4. The van der Waals surface area contributed by atoms with E-state index in [-0.39, 0.29) is 10.5 Å². The summed E-state index contributed by atoms with van der Waals surface area (Å²) < 4.78 is 0. The van der Waals surface area contributed by atoms with E-state index in [1.807, 2.05) is 5.21 Å². The van der Waals surface area contributed by atoms with Gasteiger partial charge < -0.3 is 5.11 Å². The maximum Gasteiger partial charge on any atom is 0.377 e. The molecule has 0 unspecified atom stereocenters. The molecule has 0 aliphatic carbocycles. The van der Waals surface area contributed by atoms with E-state index in [2.05, 4.69) is 15.4 Å². The molecule has 7 heteroatoms. The number of halogens is 1. The van der Waals surface area contributed by atoms with Crippen molar-refractivity contribution in [2.75, 3.05) is 0 Å². The molecule has 0 saturated carbocycles. The third kappa shape index (κ3) is 1.44. The maximum atomic E-state index is 9.88. The number of carboxylic acids is 1. The first kappa shape index (κ1) is 7.47. The average Bonchev–Trinajstić information content (AvgIpc) is 2.12. The summed E-state index contributed by atoms with van der Waals surface area (Å²) in [5.74, 6) is -1.50. The van der Waals surface area contributed by atoms with Gasteiger partial charge in [0.05, 0.1) is 0 Å². The van der Waals surface area contributed by atoms with Crippen LogP contribution in [0.2, 0.25) is 0 Å². The lowest BCUT2D eigenvalue weighted by molar-refractivity contribution is 0.0683. The number of aromatic carboxylic acids is 1. The van der Waals surface area contributed by atoms with Gasteiger partial charge in [-0.1, -0.05) is 0 Å². The van der Waals surface area contributed by atoms with Crippen molar-refractivity contribution in [3.63, 3.8) is 0 Å². The van der Waals surface area contributed by atoms with E-state index in [1.165, 1.54) is 0 Å². The summed E-state index contributed by atoms with van der Waals surface area (Å²) in [5, 5.41) is 19.5. The van der Waals surface area contributed by atoms with Crippen LogP contribution in [0.3, 0.4) is 0 Å². The van der Waals surface area contributed by atoms with Gasteiger partial charge in [-0.05, 0) is 5.21 Å². The van der Waals surface area contributed by atoms with Crippen LogP contribution in [0.15, 0.2) is 0 Å². The molecule has 0 atom stereocenters. The summed E-state index contributed by atoms with van der Waals surface area (Å²) in [6, 6.07) is 0. The van der Waals surface area contributed by atoms with Crippen LogP contribution in [0.25, 0.3) is 0 Å². The second kappa shape index (κ2) is 2.70. The van der Waals surface area contributed by atoms with Gasteiger partial charge in [0.25, 0.3) is 5.82 Å². The second-order valence-electron chi connectivity index (χ2n) is 1.04. The molecule has 0 aliphatic heterocycles. The first-order valence-electron chi connectivity index (χ1n) is 1.77. The van der Waals surface area contributed by atoms with Crippen molar-refractivity contribution in [2.45, 2.75) is 0 Å². The summed E-state index contributed by atoms with van der Waals surface area (Å²) in [6.45, 7) is 0. The molecule has 50 valence electrons. The van der Waals surface area contributed by atoms with Gasteiger partial charge in [-0.25, -0.2) is 4.79 Å². The van der Waals surface area contributed by atoms with Crippen molar-refractivity contribution in [1.82, 2.24) is 20.6 Å². The fourth-order valence-electron chi connectivity index (χ4n) is 0.252. The van der Waals surface area contributed by atoms with Crippen LogP contribution in [-0.2, 0) is 0 Å². The first-order valence-corrected chi connectivity index (χ1v) is 1.77. The lowest BCUT2D eigenvalue weighted by Gasteiger charge is -1.73. The number of tetrazole rings is 1. The second-order valence-corrected chi connectivity index (χ2v) is 1.04. The number of carbonyl (C=O) groups is 1. The molecule has 1 aromatic rings. The average molecular weight is 134 g/mol. The minimum absolute atomic E-state index is 0. The lowest BCUT2D eigenvalue weighted by atomic mass is 10.7. The van der Waals surface area contributed by atoms with Crippen molar-refractivity contribution in [3.8, 4) is 0 Å². The number of carboxylic acid groups (broad SMARTS) is 1. The highest BCUT2D eigenvalue weighted by molar-refractivity contribution is 5.82. The van der Waals surface area contributed by atoms with E-state index in [4.69, 9.17) is 5.11 Å². The standard InChI is InChI=1S/C2H2N4O2.FH/c7-2(8)1-3-5-6-4-1;/h(H,7,8)(H,3,4,5,6);1H. The van der Waals surface area contributed by atoms with Gasteiger partial charge in [0.15, 0.2) is 0 Å². The predicted octanol–water partition coefficient (Wildman–Crippen LogP) is -0.950. The Kier molecular flexibility index (Phi) is 2.24. The predicted molar refractivity (Wildman–Crippen MR) is 23.6 cm³/mol. The van der Waals surface area contributed by atoms with Gasteiger partial charge in [-0.2, -0.15) is 5.21 Å². The topological polar surface area (TPSA) is 91.8 Å². The van der Waals surface area contributed by atoms with Crippen LogP contribution in [0.5, 0.6) is 0 Å². The molecule has 0 amide bonds. The zero-order valence-corrected chi connectivity index (χ0v) is 4.11. The Morgan fingerprint density at radius 3 is 2.56 bits per heavy atom. The molecule has 0 radical (unpaired) electrons. The minimum Gasteiger partial charge on any atom is -0.475 e. The fraction of sp³-hybridized carbons (Fsp3) is 0. The molecule has 0 fully saturated rings. The van der Waals surface area contributed by atoms with Crippen molar-refractivity contribution < 1.29 is 14.6 Å². The van der Waals surface area contributed by atoms with Crippen LogP contribution in [-0.4, -0.2) is 31.7 Å². The van der Waals surface area contributed by atoms with Gasteiger partial charge in [-0.3, -0.25) is 4.70 Å². The molecule has 1 rings (SSSR count). The number of nitrogens with zero attached hydrogens (tertiary/aromatic N) is 3. The van der Waals surface area contributed by atoms with E-state index >= 15 is 0 Å². The monoisotopic (exact) mass is 134 g/mol. The number of aromatic nitrogens is 4. The van der Waals surface area contributed by atoms with Crippen LogP contribution in [0.4, 0.5) is 4.70 Å². The summed E-state index contributed by atoms with van der Waals surface area (Å²) >= 11 is 0. The first-order chi connectivity index (χ1) is 3.80. The summed E-state index contributed by atoms with van der Waals surface area (Å²) in [6.07, 6.45) is 0. The Bertz CT molecular complexity index is 184. The Balaban J connectivity index is 0.000000640. The molecule has 6 nitrogen and oxygen atoms in total. The fourth-order valence-corrected chi connectivity index (χ4v) is 0.252. The summed E-state index contributed by atoms with van der Waals surface area (Å²) in [7, 11) is 0. The van der Waals surface area contributed by atoms with Crippen LogP contribution >= 0.6 is 0 Å². The van der Waals surface area contributed by atoms with E-state index in [0.717, 1.165) is 0 Å². The highest BCUT2D eigenvalue weighted by atomic mass is 19.0. The molecule has 2 N–H and O–H groups in total. The number of nitrogens with one attached hydrogen (secondary N) is 1. The molecular weight excluding hydrogens is 131 g/mol. The van der Waals surface area contributed by atoms with Crippen molar-refractivity contribution >= 4 is 5.97 Å². The molecular formula is C2H3FN4O2. The van der Waals surface area contributed by atoms with Crippen LogP contribution in [0, 0.1) is 0 Å². The molecule has 0 spiro atoms. The van der Waals surface area contributed by atoms with Gasteiger partial charge in [-0.15, -0.1) is 10.2 Å². The summed E-state index contributed by atoms with van der Waals surface area (Å²) in [4.78, 5) is 9.88. The Morgan fingerprint density at radius 2 is 2.33 bits per heavy atom. The quantitative estimate of drug-likeness (QED) is 0.516. The zero-order chi connectivity index (χ0) is 5.98. The molecule has 0 aliphatic rings. The third-order valence-corrected chi connectivity index (χ3v) is 0.537. The van der Waals surface area contributed by atoms with Crippen LogP contribution < -0.4 is 0 Å². The van der Waals surface area contributed by atoms with E-state index in [0.29, 0.717) is 0 Å². The highest BCUT2D eigenvalue weighted by Gasteiger charge is 2.04. The van der Waals surface area contributed by atoms with E-state index < -0.39 is 5.97 Å². The molecule has 1 heterocycles. The van der Waals surface area contributed by atoms with Crippen molar-refractivity contribution in [2.24, 2.45) is 0 Å². The summed E-state index contributed by atoms with van der Waals surface area (Å²) in [5.41, 5.74) is 0. The third-order valence-electron chi connectivity index (χ3n) is 0.537. The largest absolute Gasteiger partial charge is 0.475 e. The number of rotatable bonds is 1. The highest BCUT2D eigenvalue weighted by Crippen LogP contribution is 1.78. The normalized spacial score (nSPS) is 8.00. The smallest absolute Gasteiger partial charge is 0.377 e. The zero-order valence-electron chi connectivity index (χ0n) is 4.11. The van der Waals surface area contributed by atoms with E-state index in [1.54, 1.807) is 0 Å². The van der Waals surface area contributed by atoms with Crippen molar-refractivity contribution in [1.29, 1.82) is 0 Å². The van der Waals surface area contributed by atoms with Crippen LogP contribution in [0.1, 0.15) is 10.6 Å². The van der Waals surface area contributed by atoms with Crippen molar-refractivity contribution in [3.05, 3.63) is 5.82 Å². The SMILES string of the molecule is F.O=C(O)c1nn[nH]n1. The molecule has 1 aromatic heterocycles. The lowest BCUT2D eigenvalue weighted by Crippen LogP contribution is -1.98. The van der Waals surface area contributed by atoms with E-state index in [9.17, 15) is 4.79 Å². The Morgan fingerprint density at radius 1 is 1.67 bits per heavy atom. The minimum atomic E-state index is -1.18.